The van der Waals surface area contributed by atoms with Crippen molar-refractivity contribution in [2.45, 2.75) is 32.2 Å². The summed E-state index contributed by atoms with van der Waals surface area (Å²) in [5, 5.41) is 3.00. The number of esters is 1. The molecular weight excluding hydrogens is 464 g/mol. The summed E-state index contributed by atoms with van der Waals surface area (Å²) in [4.78, 5) is 51.0. The first-order chi connectivity index (χ1) is 13.8. The van der Waals surface area contributed by atoms with Crippen molar-refractivity contribution < 1.29 is 23.9 Å². The minimum absolute atomic E-state index is 0.248. The highest BCUT2D eigenvalue weighted by Crippen LogP contribution is 2.56. The van der Waals surface area contributed by atoms with Crippen LogP contribution >= 0.6 is 27.5 Å². The van der Waals surface area contributed by atoms with E-state index in [2.05, 4.69) is 21.2 Å². The quantitative estimate of drug-likeness (QED) is 0.513. The molecule has 2 saturated carbocycles. The van der Waals surface area contributed by atoms with Gasteiger partial charge < -0.3 is 10.1 Å². The molecule has 9 heteroatoms. The van der Waals surface area contributed by atoms with E-state index in [4.69, 9.17) is 16.3 Å². The third-order valence-corrected chi connectivity index (χ3v) is 7.47. The van der Waals surface area contributed by atoms with Crippen molar-refractivity contribution in [1.29, 1.82) is 0 Å². The van der Waals surface area contributed by atoms with Gasteiger partial charge in [-0.3, -0.25) is 19.3 Å². The Morgan fingerprint density at radius 2 is 1.86 bits per heavy atom. The van der Waals surface area contributed by atoms with E-state index in [-0.39, 0.29) is 35.5 Å². The van der Waals surface area contributed by atoms with Gasteiger partial charge in [-0.25, -0.2) is 4.79 Å². The maximum atomic E-state index is 12.8. The monoisotopic (exact) mass is 482 g/mol. The van der Waals surface area contributed by atoms with Crippen LogP contribution in [0.1, 0.15) is 26.2 Å². The average molecular weight is 484 g/mol. The third-order valence-electron chi connectivity index (χ3n) is 6.24. The summed E-state index contributed by atoms with van der Waals surface area (Å²) >= 11 is 9.24. The Hall–Kier alpha value is -1.93. The number of hydrogen-bond donors (Lipinski definition) is 1. The van der Waals surface area contributed by atoms with Crippen LogP contribution in [0.25, 0.3) is 0 Å². The van der Waals surface area contributed by atoms with Crippen LogP contribution in [0.2, 0.25) is 5.02 Å². The van der Waals surface area contributed by atoms with E-state index in [1.807, 2.05) is 0 Å². The average Bonchev–Trinajstić information content (AvgIpc) is 3.36. The number of halogens is 2. The van der Waals surface area contributed by atoms with Crippen molar-refractivity contribution in [2.24, 2.45) is 23.7 Å². The summed E-state index contributed by atoms with van der Waals surface area (Å²) in [7, 11) is 0. The lowest BCUT2D eigenvalue weighted by atomic mass is 9.81. The summed E-state index contributed by atoms with van der Waals surface area (Å²) in [5.41, 5.74) is 0.459. The maximum Gasteiger partial charge on any atom is 0.329 e. The van der Waals surface area contributed by atoms with Gasteiger partial charge >= 0.3 is 5.97 Å². The van der Waals surface area contributed by atoms with Crippen LogP contribution in [0.3, 0.4) is 0 Å². The smallest absolute Gasteiger partial charge is 0.329 e. The summed E-state index contributed by atoms with van der Waals surface area (Å²) in [6, 6.07) is 3.84. The summed E-state index contributed by atoms with van der Waals surface area (Å²) in [6.07, 6.45) is 2.87. The highest BCUT2D eigenvalue weighted by molar-refractivity contribution is 9.10. The Balaban J connectivity index is 1.34. The van der Waals surface area contributed by atoms with Crippen LogP contribution in [-0.4, -0.2) is 41.2 Å². The standard InChI is InChI=1S/C20H20BrClN2O5/c1-9(24-18(26)16-10-2-3-11(6-10)17(16)19(24)27)20(28)29-8-15(25)23-12-4-5-13(21)14(22)7-12/h4-5,7,9-11,16-17H,2-3,6,8H2,1H3,(H,23,25)/t9-,10-,11-,16-,17+/m0/s1. The molecule has 5 atom stereocenters. The van der Waals surface area contributed by atoms with Gasteiger partial charge in [-0.1, -0.05) is 11.6 Å². The Morgan fingerprint density at radius 1 is 1.24 bits per heavy atom. The topological polar surface area (TPSA) is 92.8 Å². The molecule has 3 aliphatic rings. The second-order valence-corrected chi connectivity index (χ2v) is 9.15. The van der Waals surface area contributed by atoms with Crippen molar-refractivity contribution in [1.82, 2.24) is 4.90 Å². The van der Waals surface area contributed by atoms with Gasteiger partial charge in [0.1, 0.15) is 6.04 Å². The molecule has 0 radical (unpaired) electrons. The molecule has 29 heavy (non-hydrogen) atoms. The number of hydrogen-bond acceptors (Lipinski definition) is 5. The van der Waals surface area contributed by atoms with Crippen molar-refractivity contribution in [3.8, 4) is 0 Å². The zero-order valence-corrected chi connectivity index (χ0v) is 18.0. The molecule has 7 nitrogen and oxygen atoms in total. The van der Waals surface area contributed by atoms with Crippen molar-refractivity contribution in [3.63, 3.8) is 0 Å². The molecule has 3 amide bonds. The Labute approximate surface area is 181 Å². The predicted octanol–water partition coefficient (Wildman–Crippen LogP) is 3.00. The van der Waals surface area contributed by atoms with E-state index in [1.165, 1.54) is 6.92 Å². The number of carbonyl (C=O) groups is 4. The van der Waals surface area contributed by atoms with E-state index in [9.17, 15) is 19.2 Å². The van der Waals surface area contributed by atoms with Gasteiger partial charge in [0.05, 0.1) is 16.9 Å². The lowest BCUT2D eigenvalue weighted by Crippen LogP contribution is -2.45. The van der Waals surface area contributed by atoms with E-state index in [0.717, 1.165) is 24.2 Å². The number of anilines is 1. The Bertz CT molecular complexity index is 879. The molecule has 1 aromatic carbocycles. The minimum atomic E-state index is -1.05. The number of nitrogens with zero attached hydrogens (tertiary/aromatic N) is 1. The molecule has 2 aliphatic carbocycles. The van der Waals surface area contributed by atoms with Crippen LogP contribution < -0.4 is 5.32 Å². The van der Waals surface area contributed by atoms with Crippen LogP contribution in [0, 0.1) is 23.7 Å². The van der Waals surface area contributed by atoms with Crippen LogP contribution in [0.5, 0.6) is 0 Å². The van der Waals surface area contributed by atoms with Crippen molar-refractivity contribution in [3.05, 3.63) is 27.7 Å². The largest absolute Gasteiger partial charge is 0.454 e. The predicted molar refractivity (Wildman–Crippen MR) is 108 cm³/mol. The first-order valence-electron chi connectivity index (χ1n) is 9.56. The molecule has 1 saturated heterocycles. The second kappa shape index (κ2) is 7.72. The maximum absolute atomic E-state index is 12.8. The molecule has 0 spiro atoms. The fourth-order valence-corrected chi connectivity index (χ4v) is 5.37. The van der Waals surface area contributed by atoms with Crippen LogP contribution in [0.4, 0.5) is 5.69 Å². The van der Waals surface area contributed by atoms with E-state index in [0.29, 0.717) is 15.2 Å². The zero-order valence-electron chi connectivity index (χ0n) is 15.7. The van der Waals surface area contributed by atoms with Crippen molar-refractivity contribution >= 4 is 56.9 Å². The van der Waals surface area contributed by atoms with Gasteiger partial charge in [0, 0.05) is 10.2 Å². The van der Waals surface area contributed by atoms with Crippen molar-refractivity contribution in [2.75, 3.05) is 11.9 Å². The van der Waals surface area contributed by atoms with Gasteiger partial charge in [-0.05, 0) is 72.2 Å². The fraction of sp³-hybridized carbons (Fsp3) is 0.500. The van der Waals surface area contributed by atoms with Crippen LogP contribution in [0.15, 0.2) is 22.7 Å². The number of imide groups is 1. The molecule has 0 unspecified atom stereocenters. The molecule has 1 aliphatic heterocycles. The van der Waals surface area contributed by atoms with E-state index < -0.39 is 24.5 Å². The van der Waals surface area contributed by atoms with E-state index >= 15 is 0 Å². The normalized spacial score (nSPS) is 28.4. The Morgan fingerprint density at radius 3 is 2.45 bits per heavy atom. The lowest BCUT2D eigenvalue weighted by Gasteiger charge is -2.23. The summed E-state index contributed by atoms with van der Waals surface area (Å²) < 4.78 is 5.74. The third kappa shape index (κ3) is 3.57. The molecule has 4 rings (SSSR count). The number of fused-ring (bicyclic) bond motifs is 5. The number of rotatable bonds is 5. The molecule has 154 valence electrons. The first kappa shape index (κ1) is 20.3. The number of nitrogens with one attached hydrogen (secondary N) is 1. The van der Waals surface area contributed by atoms with E-state index in [1.54, 1.807) is 18.2 Å². The summed E-state index contributed by atoms with van der Waals surface area (Å²) in [6.45, 7) is 0.943. The SMILES string of the molecule is C[C@@H](C(=O)OCC(=O)Nc1ccc(Br)c(Cl)c1)N1C(=O)[C@@H]2[C@H]3CC[C@@H](C3)[C@@H]2C1=O. The van der Waals surface area contributed by atoms with Gasteiger partial charge in [0.2, 0.25) is 11.8 Å². The molecule has 1 N–H and O–H groups in total. The number of likely N-dealkylation sites (tertiary alicyclic amines) is 1. The second-order valence-electron chi connectivity index (χ2n) is 7.89. The first-order valence-corrected chi connectivity index (χ1v) is 10.7. The molecule has 0 aromatic heterocycles. The number of ether oxygens (including phenoxy) is 1. The lowest BCUT2D eigenvalue weighted by molar-refractivity contribution is -0.159. The molecule has 1 aromatic rings. The highest BCUT2D eigenvalue weighted by Gasteiger charge is 2.62. The number of carbonyl (C=O) groups excluding carboxylic acids is 4. The van der Waals surface area contributed by atoms with Crippen LogP contribution in [-0.2, 0) is 23.9 Å². The highest BCUT2D eigenvalue weighted by atomic mass is 79.9. The van der Waals surface area contributed by atoms with Gasteiger partial charge in [0.25, 0.3) is 5.91 Å². The fourth-order valence-electron chi connectivity index (χ4n) is 4.95. The minimum Gasteiger partial charge on any atom is -0.454 e. The van der Waals surface area contributed by atoms with Gasteiger partial charge in [-0.2, -0.15) is 0 Å². The number of amides is 3. The molecule has 2 bridgehead atoms. The summed E-state index contributed by atoms with van der Waals surface area (Å²) in [5.74, 6) is -1.95. The molecule has 1 heterocycles. The Kier molecular flexibility index (Phi) is 5.42. The zero-order chi connectivity index (χ0) is 20.9. The number of benzene rings is 1. The van der Waals surface area contributed by atoms with Gasteiger partial charge in [0.15, 0.2) is 6.61 Å². The molecule has 3 fully saturated rings. The molecular formula is C20H20BrClN2O5. The van der Waals surface area contributed by atoms with Gasteiger partial charge in [-0.15, -0.1) is 0 Å².